The van der Waals surface area contributed by atoms with Gasteiger partial charge in [-0.2, -0.15) is 0 Å². The number of hydrogen-bond acceptors (Lipinski definition) is 6. The van der Waals surface area contributed by atoms with Crippen LogP contribution in [0.25, 0.3) is 0 Å². The van der Waals surface area contributed by atoms with Gasteiger partial charge in [-0.25, -0.2) is 9.18 Å². The van der Waals surface area contributed by atoms with Gasteiger partial charge in [-0.3, -0.25) is 9.59 Å². The molecule has 4 aliphatic heterocycles. The van der Waals surface area contributed by atoms with Crippen molar-refractivity contribution in [1.29, 1.82) is 0 Å². The van der Waals surface area contributed by atoms with E-state index < -0.39 is 5.25 Å². The van der Waals surface area contributed by atoms with Crippen molar-refractivity contribution >= 4 is 41.0 Å². The van der Waals surface area contributed by atoms with Gasteiger partial charge in [-0.15, -0.1) is 11.8 Å². The van der Waals surface area contributed by atoms with Gasteiger partial charge in [0.25, 0.3) is 0 Å². The first-order chi connectivity index (χ1) is 22.5. The summed E-state index contributed by atoms with van der Waals surface area (Å²) in [6, 6.07) is 13.1. The highest BCUT2D eigenvalue weighted by molar-refractivity contribution is 8.01. The average molecular weight is 665 g/mol. The Morgan fingerprint density at radius 1 is 0.957 bits per heavy atom. The van der Waals surface area contributed by atoms with E-state index in [0.29, 0.717) is 44.7 Å². The summed E-state index contributed by atoms with van der Waals surface area (Å²) in [7, 11) is 2.08. The highest BCUT2D eigenvalue weighted by Gasteiger charge is 2.44. The normalized spacial score (nSPS) is 23.2. The molecule has 9 nitrogen and oxygen atoms in total. The molecule has 11 heteroatoms. The number of halogens is 1. The van der Waals surface area contributed by atoms with E-state index in [9.17, 15) is 14.4 Å². The summed E-state index contributed by atoms with van der Waals surface area (Å²) in [4.78, 5) is 50.8. The van der Waals surface area contributed by atoms with E-state index in [-0.39, 0.29) is 46.9 Å². The van der Waals surface area contributed by atoms with E-state index >= 15 is 4.39 Å². The monoisotopic (exact) mass is 664 g/mol. The second kappa shape index (κ2) is 14.0. The van der Waals surface area contributed by atoms with Crippen LogP contribution >= 0.6 is 11.8 Å². The fourth-order valence-electron chi connectivity index (χ4n) is 7.20. The quantitative estimate of drug-likeness (QED) is 0.426. The first kappa shape index (κ1) is 33.6. The van der Waals surface area contributed by atoms with Gasteiger partial charge in [0.05, 0.1) is 10.9 Å². The molecule has 2 aromatic rings. The maximum Gasteiger partial charge on any atom is 0.322 e. The number of amides is 4. The van der Waals surface area contributed by atoms with Crippen molar-refractivity contribution in [2.45, 2.75) is 69.5 Å². The molecule has 2 aromatic carbocycles. The van der Waals surface area contributed by atoms with Crippen LogP contribution in [-0.4, -0.2) is 108 Å². The Hall–Kier alpha value is -3.31. The summed E-state index contributed by atoms with van der Waals surface area (Å²) in [5.74, 6) is -0.334. The number of carbonyl (C=O) groups excluding carboxylic acids is 3. The Bertz CT molecular complexity index is 1470. The molecule has 4 amide bonds. The third-order valence-electron chi connectivity index (χ3n) is 10.1. The average Bonchev–Trinajstić information content (AvgIpc) is 3.24. The van der Waals surface area contributed by atoms with Crippen molar-refractivity contribution in [1.82, 2.24) is 19.6 Å². The second-order valence-electron chi connectivity index (χ2n) is 14.6. The van der Waals surface area contributed by atoms with E-state index in [2.05, 4.69) is 49.0 Å². The van der Waals surface area contributed by atoms with Crippen molar-refractivity contribution in [3.8, 4) is 0 Å². The lowest BCUT2D eigenvalue weighted by atomic mass is 9.92. The summed E-state index contributed by atoms with van der Waals surface area (Å²) in [5.41, 5.74) is 3.42. The molecular formula is C36H49FN6O3S. The zero-order valence-electron chi connectivity index (χ0n) is 28.2. The number of piperazine rings is 1. The topological polar surface area (TPSA) is 79.4 Å². The third-order valence-corrected chi connectivity index (χ3v) is 11.6. The van der Waals surface area contributed by atoms with Crippen molar-refractivity contribution in [3.05, 3.63) is 59.4 Å². The molecule has 0 aliphatic carbocycles. The van der Waals surface area contributed by atoms with Crippen LogP contribution in [0.15, 0.2) is 42.5 Å². The maximum atomic E-state index is 15.6. The number of nitrogens with zero attached hydrogens (tertiary/aromatic N) is 5. The predicted molar refractivity (Wildman–Crippen MR) is 186 cm³/mol. The zero-order chi connectivity index (χ0) is 33.3. The van der Waals surface area contributed by atoms with E-state index in [1.54, 1.807) is 6.07 Å². The summed E-state index contributed by atoms with van der Waals surface area (Å²) >= 11 is 1.49. The second-order valence-corrected chi connectivity index (χ2v) is 15.9. The minimum Gasteiger partial charge on any atom is -0.366 e. The van der Waals surface area contributed by atoms with Crippen LogP contribution < -0.4 is 10.2 Å². The van der Waals surface area contributed by atoms with Gasteiger partial charge < -0.3 is 29.8 Å². The Balaban J connectivity index is 1.13. The van der Waals surface area contributed by atoms with Gasteiger partial charge in [-0.1, -0.05) is 51.1 Å². The van der Waals surface area contributed by atoms with Crippen molar-refractivity contribution in [2.24, 2.45) is 5.41 Å². The van der Waals surface area contributed by atoms with Crippen LogP contribution in [-0.2, 0) is 16.0 Å². The summed E-state index contributed by atoms with van der Waals surface area (Å²) in [6.45, 7) is 11.9. The van der Waals surface area contributed by atoms with E-state index in [0.717, 1.165) is 55.8 Å². The molecular weight excluding hydrogens is 616 g/mol. The molecule has 4 aliphatic rings. The Kier molecular flexibility index (Phi) is 10.0. The summed E-state index contributed by atoms with van der Waals surface area (Å²) < 4.78 is 15.6. The lowest BCUT2D eigenvalue weighted by Gasteiger charge is -2.38. The van der Waals surface area contributed by atoms with Gasteiger partial charge in [0.15, 0.2) is 0 Å². The van der Waals surface area contributed by atoms with Crippen LogP contribution in [0.2, 0.25) is 0 Å². The van der Waals surface area contributed by atoms with Crippen molar-refractivity contribution in [3.63, 3.8) is 0 Å². The molecule has 2 unspecified atom stereocenters. The standard InChI is InChI=1S/C36H49FN6O3S/c1-36(2,3)15-19-43-33(45)30(47-34(43)27-9-7-10-28(37)32(27)41-22-20-39(4)21-23-41)24-31(44)40-16-13-26(14-17-40)42-18-12-25-8-5-6-11-29(25)38-35(42)46/h5-11,26,30,34H,12-24H2,1-4H3,(H,38,46). The first-order valence-corrected chi connectivity index (χ1v) is 18.0. The minimum absolute atomic E-state index is 0.0169. The predicted octanol–water partition coefficient (Wildman–Crippen LogP) is 5.43. The lowest BCUT2D eigenvalue weighted by Crippen LogP contribution is -2.50. The number of likely N-dealkylation sites (N-methyl/N-ethyl adjacent to an activating group) is 1. The number of piperidine rings is 1. The van der Waals surface area contributed by atoms with E-state index in [1.807, 2.05) is 39.0 Å². The molecule has 0 spiro atoms. The molecule has 3 saturated heterocycles. The Morgan fingerprint density at radius 3 is 2.40 bits per heavy atom. The molecule has 0 saturated carbocycles. The lowest BCUT2D eigenvalue weighted by molar-refractivity contribution is -0.137. The molecule has 254 valence electrons. The highest BCUT2D eigenvalue weighted by Crippen LogP contribution is 2.48. The molecule has 0 aromatic heterocycles. The SMILES string of the molecule is CN1CCN(c2c(F)cccc2C2SC(CC(=O)N3CCC(N4CCc5ccccc5NC4=O)CC3)C(=O)N2CCC(C)(C)C)CC1. The number of fused-ring (bicyclic) bond motifs is 1. The number of hydrogen-bond donors (Lipinski definition) is 1. The van der Waals surface area contributed by atoms with Gasteiger partial charge in [0.1, 0.15) is 11.2 Å². The van der Waals surface area contributed by atoms with Crippen LogP contribution in [0.1, 0.15) is 63.0 Å². The fraction of sp³-hybridized carbons (Fsp3) is 0.583. The minimum atomic E-state index is -0.524. The molecule has 2 atom stereocenters. The van der Waals surface area contributed by atoms with Crippen LogP contribution in [0, 0.1) is 11.2 Å². The fourth-order valence-corrected chi connectivity index (χ4v) is 8.69. The molecule has 1 N–H and O–H groups in total. The maximum absolute atomic E-state index is 15.6. The number of urea groups is 1. The van der Waals surface area contributed by atoms with Crippen LogP contribution in [0.5, 0.6) is 0 Å². The van der Waals surface area contributed by atoms with Gasteiger partial charge >= 0.3 is 6.03 Å². The highest BCUT2D eigenvalue weighted by atomic mass is 32.2. The van der Waals surface area contributed by atoms with E-state index in [4.69, 9.17) is 0 Å². The molecule has 4 heterocycles. The van der Waals surface area contributed by atoms with Crippen molar-refractivity contribution < 1.29 is 18.8 Å². The van der Waals surface area contributed by atoms with Crippen LogP contribution in [0.4, 0.5) is 20.6 Å². The number of likely N-dealkylation sites (tertiary alicyclic amines) is 1. The molecule has 47 heavy (non-hydrogen) atoms. The Morgan fingerprint density at radius 2 is 1.68 bits per heavy atom. The molecule has 0 radical (unpaired) electrons. The number of benzene rings is 2. The molecule has 3 fully saturated rings. The van der Waals surface area contributed by atoms with Gasteiger partial charge in [0, 0.05) is 76.1 Å². The molecule has 0 bridgehead atoms. The first-order valence-electron chi connectivity index (χ1n) is 17.1. The number of nitrogens with one attached hydrogen (secondary N) is 1. The van der Waals surface area contributed by atoms with E-state index in [1.165, 1.54) is 17.8 Å². The van der Waals surface area contributed by atoms with Crippen molar-refractivity contribution in [2.75, 3.05) is 69.6 Å². The largest absolute Gasteiger partial charge is 0.366 e. The van der Waals surface area contributed by atoms with Gasteiger partial charge in [-0.05, 0) is 55.8 Å². The number of anilines is 2. The van der Waals surface area contributed by atoms with Crippen LogP contribution in [0.3, 0.4) is 0 Å². The number of thioether (sulfide) groups is 1. The Labute approximate surface area is 282 Å². The summed E-state index contributed by atoms with van der Waals surface area (Å²) in [5, 5.41) is 2.18. The van der Waals surface area contributed by atoms with Gasteiger partial charge in [0.2, 0.25) is 11.8 Å². The number of rotatable bonds is 7. The third kappa shape index (κ3) is 7.56. The number of para-hydroxylation sites is 2. The summed E-state index contributed by atoms with van der Waals surface area (Å²) in [6.07, 6.45) is 3.13. The number of carbonyl (C=O) groups is 3. The smallest absolute Gasteiger partial charge is 0.322 e. The zero-order valence-corrected chi connectivity index (χ0v) is 29.0. The molecule has 6 rings (SSSR count).